The van der Waals surface area contributed by atoms with Crippen LogP contribution in [0.25, 0.3) is 33.6 Å². The predicted molar refractivity (Wildman–Crippen MR) is 194 cm³/mol. The van der Waals surface area contributed by atoms with E-state index in [1.54, 1.807) is 12.4 Å². The zero-order chi connectivity index (χ0) is 35.5. The molecule has 0 unspecified atom stereocenters. The smallest absolute Gasteiger partial charge is 0.237 e. The van der Waals surface area contributed by atoms with Gasteiger partial charge in [0.2, 0.25) is 21.8 Å². The van der Waals surface area contributed by atoms with E-state index in [2.05, 4.69) is 20.0 Å². The van der Waals surface area contributed by atoms with Crippen LogP contribution in [0.3, 0.4) is 0 Å². The number of aromatic nitrogens is 4. The molecular formula is C34H38Cl2N6O6S2. The van der Waals surface area contributed by atoms with E-state index in [9.17, 15) is 16.8 Å². The average molecular weight is 762 g/mol. The van der Waals surface area contributed by atoms with Gasteiger partial charge in [-0.15, -0.1) is 0 Å². The van der Waals surface area contributed by atoms with Crippen LogP contribution in [0.1, 0.15) is 37.1 Å². The lowest BCUT2D eigenvalue weighted by atomic mass is 9.98. The van der Waals surface area contributed by atoms with Crippen LogP contribution in [-0.2, 0) is 32.8 Å². The first kappa shape index (κ1) is 36.4. The second-order valence-electron chi connectivity index (χ2n) is 12.5. The van der Waals surface area contributed by atoms with E-state index in [-0.39, 0.29) is 29.2 Å². The minimum Gasteiger partial charge on any atom is -0.480 e. The Balaban J connectivity index is 1.19. The van der Waals surface area contributed by atoms with Gasteiger partial charge in [0.1, 0.15) is 11.4 Å². The molecule has 2 aliphatic heterocycles. The standard InChI is InChI=1S/C34H38Cl2N6O6S2/c1-47-33-27(11-3-6-22-13-15-50(45,46)42-22)38-18-28(40-33)25-9-4-7-23(31(25)35)24-8-5-10-26(32(24)36)29-19-39-30(34(41-29)48-2)17-37-16-21-12-14-49(43,44)20-21/h4-5,7-10,18-19,21-22,37,42H,3,6,11-17,20H2,1-2H3/t21-,22+/m0/s1. The molecule has 0 amide bonds. The first-order chi connectivity index (χ1) is 24.0. The first-order valence-electron chi connectivity index (χ1n) is 16.3. The van der Waals surface area contributed by atoms with Gasteiger partial charge in [0.15, 0.2) is 9.84 Å². The Morgan fingerprint density at radius 2 is 1.40 bits per heavy atom. The maximum atomic E-state index is 11.8. The molecule has 12 nitrogen and oxygen atoms in total. The molecule has 2 fully saturated rings. The van der Waals surface area contributed by atoms with Crippen molar-refractivity contribution in [1.29, 1.82) is 0 Å². The molecule has 2 aliphatic rings. The summed E-state index contributed by atoms with van der Waals surface area (Å²) in [5.41, 5.74) is 5.00. The van der Waals surface area contributed by atoms with Crippen molar-refractivity contribution in [2.24, 2.45) is 5.92 Å². The molecule has 0 aliphatic carbocycles. The Morgan fingerprint density at radius 1 is 0.820 bits per heavy atom. The van der Waals surface area contributed by atoms with Gasteiger partial charge in [0.05, 0.1) is 65.3 Å². The van der Waals surface area contributed by atoms with Gasteiger partial charge < -0.3 is 14.8 Å². The number of methoxy groups -OCH3 is 2. The van der Waals surface area contributed by atoms with Crippen molar-refractivity contribution in [2.75, 3.05) is 38.0 Å². The van der Waals surface area contributed by atoms with Gasteiger partial charge in [-0.2, -0.15) is 0 Å². The Hall–Kier alpha value is -3.40. The number of nitrogens with zero attached hydrogens (tertiary/aromatic N) is 4. The van der Waals surface area contributed by atoms with Crippen molar-refractivity contribution in [3.8, 4) is 45.4 Å². The third-order valence-electron chi connectivity index (χ3n) is 8.95. The van der Waals surface area contributed by atoms with Crippen molar-refractivity contribution >= 4 is 43.1 Å². The van der Waals surface area contributed by atoms with Crippen LogP contribution in [0.2, 0.25) is 10.0 Å². The molecule has 4 heterocycles. The molecule has 0 radical (unpaired) electrons. The van der Waals surface area contributed by atoms with Crippen molar-refractivity contribution < 1.29 is 26.3 Å². The second kappa shape index (κ2) is 15.5. The van der Waals surface area contributed by atoms with Crippen LogP contribution in [0.4, 0.5) is 0 Å². The minimum atomic E-state index is -3.15. The molecule has 6 rings (SSSR count). The van der Waals surface area contributed by atoms with E-state index >= 15 is 0 Å². The van der Waals surface area contributed by atoms with Gasteiger partial charge >= 0.3 is 0 Å². The summed E-state index contributed by atoms with van der Waals surface area (Å²) in [6.07, 6.45) is 6.58. The number of aryl methyl sites for hydroxylation is 1. The topological polar surface area (TPSA) is 162 Å². The zero-order valence-electron chi connectivity index (χ0n) is 27.7. The average Bonchev–Trinajstić information content (AvgIpc) is 3.64. The number of hydrogen-bond donors (Lipinski definition) is 2. The van der Waals surface area contributed by atoms with Gasteiger partial charge in [-0.25, -0.2) is 31.5 Å². The lowest BCUT2D eigenvalue weighted by Crippen LogP contribution is -2.25. The van der Waals surface area contributed by atoms with Gasteiger partial charge in [-0.05, 0) is 44.6 Å². The lowest BCUT2D eigenvalue weighted by molar-refractivity contribution is 0.386. The largest absolute Gasteiger partial charge is 0.480 e. The molecule has 2 aromatic heterocycles. The number of halogens is 2. The summed E-state index contributed by atoms with van der Waals surface area (Å²) >= 11 is 14.1. The Kier molecular flexibility index (Phi) is 11.3. The monoisotopic (exact) mass is 760 g/mol. The number of hydrogen-bond acceptors (Lipinski definition) is 11. The minimum absolute atomic E-state index is 0.0571. The summed E-state index contributed by atoms with van der Waals surface area (Å²) < 4.78 is 60.8. The molecule has 16 heteroatoms. The fourth-order valence-corrected chi connectivity index (χ4v) is 10.3. The molecule has 4 aromatic rings. The molecule has 2 atom stereocenters. The number of sulfone groups is 1. The van der Waals surface area contributed by atoms with Crippen molar-refractivity contribution in [1.82, 2.24) is 30.0 Å². The molecule has 2 aromatic carbocycles. The number of benzene rings is 2. The highest BCUT2D eigenvalue weighted by Gasteiger charge is 2.28. The third-order valence-corrected chi connectivity index (χ3v) is 13.1. The SMILES string of the molecule is COc1nc(-c2cccc(-c3cccc(-c4cnc(CNC[C@@H]5CCS(=O)(=O)C5)c(OC)n4)c3Cl)c2Cl)cnc1CCC[C@@H]1CCS(=O)(=O)N1. The Bertz CT molecular complexity index is 1950. The fraction of sp³-hybridized carbons (Fsp3) is 0.412. The number of sulfonamides is 1. The van der Waals surface area contributed by atoms with E-state index in [0.29, 0.717) is 106 Å². The number of nitrogens with one attached hydrogen (secondary N) is 2. The highest BCUT2D eigenvalue weighted by Crippen LogP contribution is 2.42. The van der Waals surface area contributed by atoms with Crippen LogP contribution < -0.4 is 19.5 Å². The molecule has 2 N–H and O–H groups in total. The van der Waals surface area contributed by atoms with Crippen LogP contribution in [-0.4, -0.2) is 80.8 Å². The van der Waals surface area contributed by atoms with E-state index < -0.39 is 19.9 Å². The highest BCUT2D eigenvalue weighted by molar-refractivity contribution is 7.91. The number of rotatable bonds is 13. The number of ether oxygens (including phenoxy) is 2. The highest BCUT2D eigenvalue weighted by atomic mass is 35.5. The molecule has 2 saturated heterocycles. The van der Waals surface area contributed by atoms with E-state index in [1.807, 2.05) is 36.4 Å². The van der Waals surface area contributed by atoms with Crippen molar-refractivity contribution in [2.45, 2.75) is 44.7 Å². The predicted octanol–water partition coefficient (Wildman–Crippen LogP) is 5.13. The van der Waals surface area contributed by atoms with Crippen LogP contribution in [0.15, 0.2) is 48.8 Å². The maximum absolute atomic E-state index is 11.8. The van der Waals surface area contributed by atoms with Gasteiger partial charge in [0, 0.05) is 34.8 Å². The van der Waals surface area contributed by atoms with Crippen LogP contribution in [0.5, 0.6) is 11.8 Å². The first-order valence-corrected chi connectivity index (χ1v) is 20.5. The van der Waals surface area contributed by atoms with Gasteiger partial charge in [0.25, 0.3) is 0 Å². The summed E-state index contributed by atoms with van der Waals surface area (Å²) in [6.45, 7) is 0.943. The molecule has 0 bridgehead atoms. The molecule has 0 saturated carbocycles. The summed E-state index contributed by atoms with van der Waals surface area (Å²) in [7, 11) is -3.02. The third kappa shape index (κ3) is 8.38. The van der Waals surface area contributed by atoms with Crippen molar-refractivity contribution in [3.05, 3.63) is 70.2 Å². The summed E-state index contributed by atoms with van der Waals surface area (Å²) in [5, 5.41) is 4.15. The fourth-order valence-electron chi connectivity index (χ4n) is 6.37. The molecule has 0 spiro atoms. The van der Waals surface area contributed by atoms with E-state index in [4.69, 9.17) is 42.6 Å². The van der Waals surface area contributed by atoms with Crippen LogP contribution >= 0.6 is 23.2 Å². The molecule has 50 heavy (non-hydrogen) atoms. The normalized spacial score (nSPS) is 19.4. The summed E-state index contributed by atoms with van der Waals surface area (Å²) in [6, 6.07) is 11.1. The van der Waals surface area contributed by atoms with E-state index in [0.717, 1.165) is 6.42 Å². The second-order valence-corrected chi connectivity index (χ2v) is 17.3. The Labute approximate surface area is 302 Å². The summed E-state index contributed by atoms with van der Waals surface area (Å²) in [5.74, 6) is 1.41. The van der Waals surface area contributed by atoms with Gasteiger partial charge in [-0.1, -0.05) is 59.6 Å². The van der Waals surface area contributed by atoms with Crippen LogP contribution in [0, 0.1) is 5.92 Å². The van der Waals surface area contributed by atoms with E-state index in [1.165, 1.54) is 14.2 Å². The van der Waals surface area contributed by atoms with Crippen molar-refractivity contribution in [3.63, 3.8) is 0 Å². The molecular weight excluding hydrogens is 723 g/mol. The zero-order valence-corrected chi connectivity index (χ0v) is 30.8. The van der Waals surface area contributed by atoms with Gasteiger partial charge in [-0.3, -0.25) is 9.97 Å². The lowest BCUT2D eigenvalue weighted by Gasteiger charge is -2.15. The quantitative estimate of drug-likeness (QED) is 0.186. The maximum Gasteiger partial charge on any atom is 0.237 e. The Morgan fingerprint density at radius 3 is 1.94 bits per heavy atom. The summed E-state index contributed by atoms with van der Waals surface area (Å²) in [4.78, 5) is 18.6. The molecule has 266 valence electrons.